The largest absolute Gasteiger partial charge is 0.417 e. The summed E-state index contributed by atoms with van der Waals surface area (Å²) in [7, 11) is 0. The van der Waals surface area contributed by atoms with E-state index in [1.807, 2.05) is 6.07 Å². The van der Waals surface area contributed by atoms with Crippen LogP contribution in [0.2, 0.25) is 10.0 Å². The Morgan fingerprint density at radius 1 is 1.21 bits per heavy atom. The number of carbonyl (C=O) groups excluding carboxylic acids is 1. The minimum atomic E-state index is -4.51. The van der Waals surface area contributed by atoms with Gasteiger partial charge in [0.05, 0.1) is 21.2 Å². The number of benzene rings is 1. The summed E-state index contributed by atoms with van der Waals surface area (Å²) in [6.07, 6.45) is -2.76. The minimum Gasteiger partial charge on any atom is -0.355 e. The van der Waals surface area contributed by atoms with Gasteiger partial charge in [-0.3, -0.25) is 4.79 Å². The quantitative estimate of drug-likeness (QED) is 0.714. The molecule has 1 aliphatic rings. The molecule has 0 spiro atoms. The molecule has 29 heavy (non-hydrogen) atoms. The molecule has 10 heteroatoms. The zero-order chi connectivity index (χ0) is 21.2. The molecule has 1 saturated heterocycles. The van der Waals surface area contributed by atoms with Crippen molar-refractivity contribution in [1.29, 1.82) is 5.26 Å². The van der Waals surface area contributed by atoms with Crippen LogP contribution in [-0.4, -0.2) is 24.0 Å². The van der Waals surface area contributed by atoms with Crippen LogP contribution in [0.15, 0.2) is 30.5 Å². The van der Waals surface area contributed by atoms with Crippen molar-refractivity contribution in [3.8, 4) is 6.07 Å². The zero-order valence-electron chi connectivity index (χ0n) is 14.9. The number of piperidine rings is 1. The third kappa shape index (κ3) is 4.92. The normalized spacial score (nSPS) is 15.1. The highest BCUT2D eigenvalue weighted by molar-refractivity contribution is 6.33. The van der Waals surface area contributed by atoms with E-state index in [0.29, 0.717) is 37.2 Å². The van der Waals surface area contributed by atoms with Gasteiger partial charge in [-0.1, -0.05) is 23.2 Å². The van der Waals surface area contributed by atoms with Crippen LogP contribution in [-0.2, 0) is 11.0 Å². The molecule has 1 aliphatic heterocycles. The van der Waals surface area contributed by atoms with E-state index in [2.05, 4.69) is 10.3 Å². The Bertz CT molecular complexity index is 967. The van der Waals surface area contributed by atoms with Crippen LogP contribution in [0.5, 0.6) is 0 Å². The number of pyridine rings is 1. The van der Waals surface area contributed by atoms with Crippen molar-refractivity contribution in [3.63, 3.8) is 0 Å². The Morgan fingerprint density at radius 3 is 2.45 bits per heavy atom. The molecule has 0 aliphatic carbocycles. The summed E-state index contributed by atoms with van der Waals surface area (Å²) >= 11 is 12.0. The second kappa shape index (κ2) is 8.47. The molecule has 2 aromatic rings. The number of carbonyl (C=O) groups is 1. The average Bonchev–Trinajstić information content (AvgIpc) is 2.67. The lowest BCUT2D eigenvalue weighted by atomic mass is 9.95. The fourth-order valence-corrected chi connectivity index (χ4v) is 3.61. The number of alkyl halides is 3. The molecule has 1 amide bonds. The minimum absolute atomic E-state index is 0.0741. The van der Waals surface area contributed by atoms with Crippen molar-refractivity contribution >= 4 is 40.6 Å². The molecule has 0 atom stereocenters. The number of amides is 1. The van der Waals surface area contributed by atoms with Gasteiger partial charge in [-0.2, -0.15) is 18.4 Å². The molecule has 0 unspecified atom stereocenters. The molecular weight excluding hydrogens is 428 g/mol. The predicted molar refractivity (Wildman–Crippen MR) is 104 cm³/mol. The fraction of sp³-hybridized carbons (Fsp3) is 0.316. The summed E-state index contributed by atoms with van der Waals surface area (Å²) in [5.41, 5.74) is -0.0886. The summed E-state index contributed by atoms with van der Waals surface area (Å²) in [5, 5.41) is 11.8. The molecule has 0 bridgehead atoms. The molecule has 2 heterocycles. The van der Waals surface area contributed by atoms with Gasteiger partial charge in [0.25, 0.3) is 0 Å². The highest BCUT2D eigenvalue weighted by Gasteiger charge is 2.33. The number of nitriles is 1. The first-order valence-electron chi connectivity index (χ1n) is 8.67. The highest BCUT2D eigenvalue weighted by atomic mass is 35.5. The van der Waals surface area contributed by atoms with E-state index in [9.17, 15) is 18.0 Å². The van der Waals surface area contributed by atoms with Crippen LogP contribution in [0.1, 0.15) is 24.0 Å². The first kappa shape index (κ1) is 21.2. The molecule has 5 nitrogen and oxygen atoms in total. The molecule has 0 saturated carbocycles. The number of hydrogen-bond acceptors (Lipinski definition) is 4. The van der Waals surface area contributed by atoms with Gasteiger partial charge in [-0.05, 0) is 37.1 Å². The smallest absolute Gasteiger partial charge is 0.355 e. The summed E-state index contributed by atoms with van der Waals surface area (Å²) in [4.78, 5) is 18.1. The first-order chi connectivity index (χ1) is 13.7. The Balaban J connectivity index is 1.61. The van der Waals surface area contributed by atoms with E-state index in [1.165, 1.54) is 12.1 Å². The van der Waals surface area contributed by atoms with Crippen LogP contribution in [0.3, 0.4) is 0 Å². The fourth-order valence-electron chi connectivity index (χ4n) is 3.10. The number of hydrogen-bond donors (Lipinski definition) is 1. The molecule has 1 N–H and O–H groups in total. The van der Waals surface area contributed by atoms with Crippen LogP contribution in [0.25, 0.3) is 0 Å². The van der Waals surface area contributed by atoms with E-state index < -0.39 is 11.7 Å². The molecule has 1 aromatic carbocycles. The van der Waals surface area contributed by atoms with E-state index in [0.717, 1.165) is 12.3 Å². The van der Waals surface area contributed by atoms with Gasteiger partial charge >= 0.3 is 6.18 Å². The van der Waals surface area contributed by atoms with Crippen LogP contribution in [0.4, 0.5) is 24.7 Å². The third-order valence-electron chi connectivity index (χ3n) is 4.67. The lowest BCUT2D eigenvalue weighted by molar-refractivity contribution is -0.137. The number of anilines is 2. The van der Waals surface area contributed by atoms with Crippen molar-refractivity contribution in [2.75, 3.05) is 23.3 Å². The SMILES string of the molecule is N#Cc1ccc(NC(=O)C2CCN(c3ncc(C(F)(F)F)cc3Cl)CC2)cc1Cl. The van der Waals surface area contributed by atoms with Crippen LogP contribution >= 0.6 is 23.2 Å². The van der Waals surface area contributed by atoms with Crippen LogP contribution in [0, 0.1) is 17.2 Å². The molecule has 152 valence electrons. The average molecular weight is 443 g/mol. The standard InChI is InChI=1S/C19H15Cl2F3N4O/c20-15-8-14(2-1-12(15)9-25)27-18(29)11-3-5-28(6-4-11)17-16(21)7-13(10-26-17)19(22,23)24/h1-2,7-8,10-11H,3-6H2,(H,27,29). The monoisotopic (exact) mass is 442 g/mol. The molecule has 0 radical (unpaired) electrons. The van der Waals surface area contributed by atoms with Crippen molar-refractivity contribution in [1.82, 2.24) is 4.98 Å². The zero-order valence-corrected chi connectivity index (χ0v) is 16.4. The maximum atomic E-state index is 12.7. The maximum Gasteiger partial charge on any atom is 0.417 e. The van der Waals surface area contributed by atoms with Gasteiger partial charge in [0, 0.05) is 30.9 Å². The predicted octanol–water partition coefficient (Wildman–Crippen LogP) is 5.13. The van der Waals surface area contributed by atoms with Gasteiger partial charge in [0.2, 0.25) is 5.91 Å². The summed E-state index contributed by atoms with van der Waals surface area (Å²) in [6.45, 7) is 0.870. The van der Waals surface area contributed by atoms with E-state index in [-0.39, 0.29) is 27.7 Å². The van der Waals surface area contributed by atoms with Crippen molar-refractivity contribution in [2.24, 2.45) is 5.92 Å². The first-order valence-corrected chi connectivity index (χ1v) is 9.43. The molecular formula is C19H15Cl2F3N4O. The van der Waals surface area contributed by atoms with Crippen molar-refractivity contribution in [2.45, 2.75) is 19.0 Å². The summed E-state index contributed by atoms with van der Waals surface area (Å²) < 4.78 is 38.2. The number of halogens is 5. The van der Waals surface area contributed by atoms with Gasteiger partial charge in [-0.15, -0.1) is 0 Å². The van der Waals surface area contributed by atoms with Gasteiger partial charge < -0.3 is 10.2 Å². The Morgan fingerprint density at radius 2 is 1.90 bits per heavy atom. The number of rotatable bonds is 3. The van der Waals surface area contributed by atoms with E-state index >= 15 is 0 Å². The Hall–Kier alpha value is -2.50. The Kier molecular flexibility index (Phi) is 6.20. The summed E-state index contributed by atoms with van der Waals surface area (Å²) in [5.74, 6) is -0.178. The molecule has 1 fully saturated rings. The number of aromatic nitrogens is 1. The summed E-state index contributed by atoms with van der Waals surface area (Å²) in [6, 6.07) is 7.45. The van der Waals surface area contributed by atoms with Gasteiger partial charge in [0.1, 0.15) is 11.9 Å². The van der Waals surface area contributed by atoms with Gasteiger partial charge in [-0.25, -0.2) is 4.98 Å². The van der Waals surface area contributed by atoms with Crippen LogP contribution < -0.4 is 10.2 Å². The number of nitrogens with zero attached hydrogens (tertiary/aromatic N) is 3. The second-order valence-corrected chi connectivity index (χ2v) is 7.40. The lowest BCUT2D eigenvalue weighted by Crippen LogP contribution is -2.38. The van der Waals surface area contributed by atoms with E-state index in [1.54, 1.807) is 11.0 Å². The number of nitrogens with one attached hydrogen (secondary N) is 1. The lowest BCUT2D eigenvalue weighted by Gasteiger charge is -2.32. The second-order valence-electron chi connectivity index (χ2n) is 6.58. The van der Waals surface area contributed by atoms with Crippen molar-refractivity contribution in [3.05, 3.63) is 51.6 Å². The molecule has 3 rings (SSSR count). The Labute approximate surface area is 175 Å². The van der Waals surface area contributed by atoms with Crippen molar-refractivity contribution < 1.29 is 18.0 Å². The highest BCUT2D eigenvalue weighted by Crippen LogP contribution is 2.34. The third-order valence-corrected chi connectivity index (χ3v) is 5.26. The van der Waals surface area contributed by atoms with Gasteiger partial charge in [0.15, 0.2) is 0 Å². The molecule has 1 aromatic heterocycles. The topological polar surface area (TPSA) is 69.0 Å². The van der Waals surface area contributed by atoms with E-state index in [4.69, 9.17) is 28.5 Å². The maximum absolute atomic E-state index is 12.7.